The molecule has 1 nitrogen and oxygen atoms in total. The van der Waals surface area contributed by atoms with Crippen LogP contribution in [0.25, 0.3) is 0 Å². The second-order valence-corrected chi connectivity index (χ2v) is 0.612. The van der Waals surface area contributed by atoms with Crippen molar-refractivity contribution in [1.29, 1.82) is 0 Å². The second-order valence-electron chi connectivity index (χ2n) is 0.612. The average molecular weight is 228 g/mol. The van der Waals surface area contributed by atoms with Crippen LogP contribution in [-0.2, 0) is 25.8 Å². The topological polar surface area (TPSA) is 12.5 Å². The zero-order valence-electron chi connectivity index (χ0n) is 2.23. The van der Waals surface area contributed by atoms with Crippen molar-refractivity contribution in [3.63, 3.8) is 0 Å². The summed E-state index contributed by atoms with van der Waals surface area (Å²) in [6.45, 7) is 2.00. The number of rotatable bonds is 0. The van der Waals surface area contributed by atoms with Gasteiger partial charge in [-0.2, -0.15) is 0 Å². The van der Waals surface area contributed by atoms with E-state index in [1.165, 1.54) is 0 Å². The van der Waals surface area contributed by atoms with E-state index < -0.39 is 0 Å². The Morgan fingerprint density at radius 3 is 1.50 bits per heavy atom. The number of ether oxygens (including phenoxy) is 1. The average Bonchev–Trinajstić information content (AvgIpc) is 1.46. The van der Waals surface area contributed by atoms with E-state index in [-0.39, 0.29) is 21.1 Å². The van der Waals surface area contributed by atoms with E-state index in [0.29, 0.717) is 0 Å². The number of hydrogen-bond donors (Lipinski definition) is 0. The fraction of sp³-hybridized carbons (Fsp3) is 1.00. The Morgan fingerprint density at radius 1 is 1.25 bits per heavy atom. The summed E-state index contributed by atoms with van der Waals surface area (Å²) in [5.41, 5.74) is 0. The molecule has 1 saturated heterocycles. The molecule has 0 aromatic heterocycles. The van der Waals surface area contributed by atoms with Crippen molar-refractivity contribution in [3.05, 3.63) is 0 Å². The molecule has 1 rings (SSSR count). The molecule has 4 heavy (non-hydrogen) atoms. The maximum atomic E-state index is 4.50. The minimum absolute atomic E-state index is 0. The quantitative estimate of drug-likeness (QED) is 0.532. The Morgan fingerprint density at radius 2 is 1.50 bits per heavy atom. The molecular formula is C2H4OW. The molecule has 0 aromatic rings. The van der Waals surface area contributed by atoms with Crippen LogP contribution in [0.1, 0.15) is 0 Å². The predicted molar refractivity (Wildman–Crippen MR) is 10.8 cm³/mol. The third-order valence-electron chi connectivity index (χ3n) is 0.204. The van der Waals surface area contributed by atoms with E-state index in [0.717, 1.165) is 13.2 Å². The summed E-state index contributed by atoms with van der Waals surface area (Å²) < 4.78 is 4.50. The van der Waals surface area contributed by atoms with Gasteiger partial charge in [0.05, 0.1) is 13.2 Å². The smallest absolute Gasteiger partial charge is 0.0701 e. The van der Waals surface area contributed by atoms with Gasteiger partial charge in [-0.15, -0.1) is 0 Å². The molecule has 1 fully saturated rings. The molecule has 1 aliphatic rings. The van der Waals surface area contributed by atoms with E-state index in [2.05, 4.69) is 4.74 Å². The van der Waals surface area contributed by atoms with Crippen LogP contribution in [0.15, 0.2) is 0 Å². The first kappa shape index (κ1) is 4.65. The van der Waals surface area contributed by atoms with Gasteiger partial charge in [0.2, 0.25) is 0 Å². The maximum Gasteiger partial charge on any atom is 0.0701 e. The molecule has 0 aromatic carbocycles. The van der Waals surface area contributed by atoms with E-state index in [4.69, 9.17) is 0 Å². The summed E-state index contributed by atoms with van der Waals surface area (Å²) in [5, 5.41) is 0. The third kappa shape index (κ3) is 2.65. The summed E-state index contributed by atoms with van der Waals surface area (Å²) in [6, 6.07) is 0. The van der Waals surface area contributed by atoms with Crippen molar-refractivity contribution in [1.82, 2.24) is 0 Å². The van der Waals surface area contributed by atoms with E-state index >= 15 is 0 Å². The van der Waals surface area contributed by atoms with Crippen LogP contribution in [0, 0.1) is 0 Å². The van der Waals surface area contributed by atoms with Gasteiger partial charge >= 0.3 is 0 Å². The first-order valence-corrected chi connectivity index (χ1v) is 1.08. The molecule has 0 N–H and O–H groups in total. The molecule has 0 unspecified atom stereocenters. The Kier molecular flexibility index (Phi) is 2.23. The van der Waals surface area contributed by atoms with Crippen molar-refractivity contribution >= 4 is 0 Å². The van der Waals surface area contributed by atoms with Gasteiger partial charge < -0.3 is 4.74 Å². The monoisotopic (exact) mass is 228 g/mol. The fourth-order valence-corrected chi connectivity index (χ4v) is 0. The van der Waals surface area contributed by atoms with Crippen molar-refractivity contribution < 1.29 is 25.8 Å². The van der Waals surface area contributed by atoms with Gasteiger partial charge in [-0.1, -0.05) is 0 Å². The van der Waals surface area contributed by atoms with Gasteiger partial charge in [0, 0.05) is 21.1 Å². The summed E-state index contributed by atoms with van der Waals surface area (Å²) in [7, 11) is 0. The molecule has 1 heterocycles. The maximum absolute atomic E-state index is 4.50. The Bertz CT molecular complexity index is 10.8. The zero-order valence-corrected chi connectivity index (χ0v) is 5.16. The predicted octanol–water partition coefficient (Wildman–Crippen LogP) is 0.0141. The largest absolute Gasteiger partial charge is 0.377 e. The van der Waals surface area contributed by atoms with Gasteiger partial charge in [0.1, 0.15) is 0 Å². The molecule has 0 atom stereocenters. The van der Waals surface area contributed by atoms with Crippen molar-refractivity contribution in [3.8, 4) is 0 Å². The van der Waals surface area contributed by atoms with Crippen LogP contribution in [0.2, 0.25) is 0 Å². The molecule has 0 aliphatic carbocycles. The Labute approximate surface area is 39.6 Å². The summed E-state index contributed by atoms with van der Waals surface area (Å²) >= 11 is 0. The normalized spacial score (nSPS) is 18.0. The zero-order chi connectivity index (χ0) is 2.12. The van der Waals surface area contributed by atoms with Crippen molar-refractivity contribution in [2.75, 3.05) is 13.2 Å². The van der Waals surface area contributed by atoms with Crippen LogP contribution < -0.4 is 0 Å². The van der Waals surface area contributed by atoms with Crippen LogP contribution >= 0.6 is 0 Å². The van der Waals surface area contributed by atoms with Gasteiger partial charge in [-0.05, 0) is 0 Å². The van der Waals surface area contributed by atoms with Crippen molar-refractivity contribution in [2.24, 2.45) is 0 Å². The van der Waals surface area contributed by atoms with Crippen molar-refractivity contribution in [2.45, 2.75) is 0 Å². The molecule has 2 heteroatoms. The van der Waals surface area contributed by atoms with Crippen LogP contribution in [0.3, 0.4) is 0 Å². The molecule has 1 aliphatic heterocycles. The van der Waals surface area contributed by atoms with E-state index in [1.54, 1.807) is 0 Å². The minimum atomic E-state index is 0. The summed E-state index contributed by atoms with van der Waals surface area (Å²) in [5.74, 6) is 0. The standard InChI is InChI=1S/C2H4O.W/c1-2-3-1;/h1-2H2;. The van der Waals surface area contributed by atoms with Gasteiger partial charge in [-0.25, -0.2) is 0 Å². The molecule has 24 valence electrons. The number of hydrogen-bond acceptors (Lipinski definition) is 1. The van der Waals surface area contributed by atoms with Gasteiger partial charge in [0.15, 0.2) is 0 Å². The van der Waals surface area contributed by atoms with Gasteiger partial charge in [-0.3, -0.25) is 0 Å². The Balaban J connectivity index is 0.0000000900. The minimum Gasteiger partial charge on any atom is -0.377 e. The van der Waals surface area contributed by atoms with Crippen LogP contribution in [0.5, 0.6) is 0 Å². The first-order chi connectivity index (χ1) is 1.50. The molecule has 0 bridgehead atoms. The second kappa shape index (κ2) is 1.92. The van der Waals surface area contributed by atoms with Crippen LogP contribution in [-0.4, -0.2) is 13.2 Å². The number of epoxide rings is 1. The fourth-order valence-electron chi connectivity index (χ4n) is 0. The summed E-state index contributed by atoms with van der Waals surface area (Å²) in [6.07, 6.45) is 0. The first-order valence-electron chi connectivity index (χ1n) is 1.08. The van der Waals surface area contributed by atoms with Gasteiger partial charge in [0.25, 0.3) is 0 Å². The molecule has 0 saturated carbocycles. The van der Waals surface area contributed by atoms with Crippen LogP contribution in [0.4, 0.5) is 0 Å². The molecule has 0 radical (unpaired) electrons. The molecule has 0 amide bonds. The SMILES string of the molecule is C1CO1.[W]. The third-order valence-corrected chi connectivity index (χ3v) is 0.204. The molecule has 0 spiro atoms. The van der Waals surface area contributed by atoms with E-state index in [9.17, 15) is 0 Å². The van der Waals surface area contributed by atoms with E-state index in [1.807, 2.05) is 0 Å². The Hall–Kier alpha value is 0.648. The molecular weight excluding hydrogens is 224 g/mol. The summed E-state index contributed by atoms with van der Waals surface area (Å²) in [4.78, 5) is 0.